The van der Waals surface area contributed by atoms with Crippen LogP contribution in [0.3, 0.4) is 0 Å². The second-order valence-corrected chi connectivity index (χ2v) is 8.79. The number of benzene rings is 3. The largest absolute Gasteiger partial charge is 0.494 e. The van der Waals surface area contributed by atoms with Gasteiger partial charge in [0, 0.05) is 11.6 Å². The van der Waals surface area contributed by atoms with Gasteiger partial charge in [0.15, 0.2) is 0 Å². The van der Waals surface area contributed by atoms with Crippen molar-refractivity contribution in [3.05, 3.63) is 94.6 Å². The number of ether oxygens (including phenoxy) is 3. The summed E-state index contributed by atoms with van der Waals surface area (Å²) in [6.45, 7) is 6.57. The van der Waals surface area contributed by atoms with Crippen LogP contribution in [-0.4, -0.2) is 35.2 Å². The lowest BCUT2D eigenvalue weighted by Crippen LogP contribution is -2.10. The fourth-order valence-electron chi connectivity index (χ4n) is 3.65. The third-order valence-electron chi connectivity index (χ3n) is 5.80. The predicted octanol–water partition coefficient (Wildman–Crippen LogP) is 6.85. The molecular weight excluding hydrogens is 502 g/mol. The lowest BCUT2D eigenvalue weighted by atomic mass is 10.0. The number of nitro groups is 1. The fourth-order valence-corrected chi connectivity index (χ4v) is 3.65. The minimum Gasteiger partial charge on any atom is -0.494 e. The summed E-state index contributed by atoms with van der Waals surface area (Å²) in [5.41, 5.74) is 1.47. The van der Waals surface area contributed by atoms with Crippen molar-refractivity contribution in [2.45, 2.75) is 39.0 Å². The molecule has 0 radical (unpaired) electrons. The molecule has 9 nitrogen and oxygen atoms in total. The van der Waals surface area contributed by atoms with Crippen LogP contribution in [0.4, 0.5) is 5.69 Å². The van der Waals surface area contributed by atoms with Crippen molar-refractivity contribution < 1.29 is 33.8 Å². The van der Waals surface area contributed by atoms with Crippen molar-refractivity contribution in [1.82, 2.24) is 0 Å². The summed E-state index contributed by atoms with van der Waals surface area (Å²) in [5.74, 6) is -0.577. The summed E-state index contributed by atoms with van der Waals surface area (Å²) < 4.78 is 16.6. The first-order chi connectivity index (χ1) is 18.8. The fraction of sp³-hybridized carbons (Fsp3) is 0.267. The van der Waals surface area contributed by atoms with Crippen LogP contribution in [-0.2, 0) is 4.79 Å². The van der Waals surface area contributed by atoms with Gasteiger partial charge in [0.25, 0.3) is 0 Å². The molecule has 0 aliphatic carbocycles. The molecule has 0 atom stereocenters. The van der Waals surface area contributed by atoms with Gasteiger partial charge in [0.1, 0.15) is 11.5 Å². The van der Waals surface area contributed by atoms with Crippen molar-refractivity contribution >= 4 is 17.6 Å². The number of carboxylic acid groups (broad SMARTS) is 1. The van der Waals surface area contributed by atoms with E-state index in [2.05, 4.69) is 6.58 Å². The van der Waals surface area contributed by atoms with Crippen molar-refractivity contribution in [2.24, 2.45) is 0 Å². The molecule has 0 fully saturated rings. The van der Waals surface area contributed by atoms with E-state index in [-0.39, 0.29) is 22.6 Å². The lowest BCUT2D eigenvalue weighted by molar-refractivity contribution is -0.385. The van der Waals surface area contributed by atoms with E-state index >= 15 is 0 Å². The zero-order valence-corrected chi connectivity index (χ0v) is 21.8. The maximum Gasteiger partial charge on any atom is 0.343 e. The van der Waals surface area contributed by atoms with E-state index in [9.17, 15) is 19.7 Å². The van der Waals surface area contributed by atoms with Gasteiger partial charge in [0.05, 0.1) is 23.7 Å². The third kappa shape index (κ3) is 8.70. The highest BCUT2D eigenvalue weighted by atomic mass is 16.6. The average Bonchev–Trinajstić information content (AvgIpc) is 2.94. The molecule has 39 heavy (non-hydrogen) atoms. The first-order valence-corrected chi connectivity index (χ1v) is 12.7. The Bertz CT molecular complexity index is 1300. The third-order valence-corrected chi connectivity index (χ3v) is 5.80. The van der Waals surface area contributed by atoms with E-state index in [1.165, 1.54) is 24.3 Å². The number of unbranched alkanes of at least 4 members (excludes halogenated alkanes) is 2. The van der Waals surface area contributed by atoms with E-state index in [0.717, 1.165) is 30.6 Å². The topological polar surface area (TPSA) is 125 Å². The maximum atomic E-state index is 12.7. The first kappa shape index (κ1) is 28.9. The standard InChI is InChI=1S/C30H31NO8/c1-3-18-37-25-13-8-22(9-14-25)24-12-17-28(27(20-24)31(35)36)39-30(34)23-10-15-26(16-11-23)38-19-6-4-5-7-21(2)29(32)33/h8-17,20H,2-7,18-19H2,1H3,(H,32,33). The predicted molar refractivity (Wildman–Crippen MR) is 146 cm³/mol. The number of nitrogens with zero attached hydrogens (tertiary/aromatic N) is 1. The number of hydrogen-bond acceptors (Lipinski definition) is 7. The number of hydrogen-bond donors (Lipinski definition) is 1. The van der Waals surface area contributed by atoms with Crippen LogP contribution in [0.25, 0.3) is 11.1 Å². The van der Waals surface area contributed by atoms with Crippen LogP contribution in [0.5, 0.6) is 17.2 Å². The van der Waals surface area contributed by atoms with Gasteiger partial charge in [-0.15, -0.1) is 0 Å². The molecule has 0 aromatic heterocycles. The van der Waals surface area contributed by atoms with E-state index in [4.69, 9.17) is 19.3 Å². The van der Waals surface area contributed by atoms with Gasteiger partial charge in [-0.2, -0.15) is 0 Å². The van der Waals surface area contributed by atoms with Crippen LogP contribution in [0.15, 0.2) is 78.9 Å². The Hall–Kier alpha value is -4.66. The summed E-state index contributed by atoms with van der Waals surface area (Å²) in [6, 6.07) is 18.0. The number of nitro benzene ring substituents is 1. The zero-order chi connectivity index (χ0) is 28.2. The molecular formula is C30H31NO8. The molecule has 0 heterocycles. The molecule has 3 rings (SSSR count). The summed E-state index contributed by atoms with van der Waals surface area (Å²) in [4.78, 5) is 34.5. The van der Waals surface area contributed by atoms with Crippen LogP contribution >= 0.6 is 0 Å². The molecule has 0 saturated carbocycles. The Morgan fingerprint density at radius 2 is 1.49 bits per heavy atom. The summed E-state index contributed by atoms with van der Waals surface area (Å²) >= 11 is 0. The molecule has 0 bridgehead atoms. The average molecular weight is 534 g/mol. The van der Waals surface area contributed by atoms with Crippen LogP contribution in [0, 0.1) is 10.1 Å². The monoisotopic (exact) mass is 533 g/mol. The quantitative estimate of drug-likeness (QED) is 0.0561. The minimum absolute atomic E-state index is 0.150. The lowest BCUT2D eigenvalue weighted by Gasteiger charge is -2.09. The molecule has 9 heteroatoms. The highest BCUT2D eigenvalue weighted by molar-refractivity contribution is 5.92. The number of rotatable bonds is 15. The van der Waals surface area contributed by atoms with Gasteiger partial charge in [-0.1, -0.05) is 31.7 Å². The van der Waals surface area contributed by atoms with Crippen molar-refractivity contribution in [1.29, 1.82) is 0 Å². The maximum absolute atomic E-state index is 12.7. The molecule has 0 saturated heterocycles. The number of esters is 1. The van der Waals surface area contributed by atoms with Gasteiger partial charge >= 0.3 is 17.6 Å². The van der Waals surface area contributed by atoms with E-state index in [0.29, 0.717) is 37.4 Å². The molecule has 0 aliphatic heterocycles. The Labute approximate surface area is 226 Å². The molecule has 0 unspecified atom stereocenters. The van der Waals surface area contributed by atoms with Gasteiger partial charge in [-0.25, -0.2) is 9.59 Å². The number of carboxylic acids is 1. The van der Waals surface area contributed by atoms with Gasteiger partial charge in [-0.3, -0.25) is 10.1 Å². The van der Waals surface area contributed by atoms with Gasteiger partial charge in [-0.05, 0) is 85.7 Å². The Balaban J connectivity index is 1.57. The Morgan fingerprint density at radius 3 is 2.10 bits per heavy atom. The highest BCUT2D eigenvalue weighted by Gasteiger charge is 2.20. The van der Waals surface area contributed by atoms with Crippen LogP contribution in [0.1, 0.15) is 49.4 Å². The van der Waals surface area contributed by atoms with Gasteiger partial charge in [0.2, 0.25) is 5.75 Å². The normalized spacial score (nSPS) is 10.5. The minimum atomic E-state index is -0.976. The summed E-state index contributed by atoms with van der Waals surface area (Å²) in [5, 5.41) is 20.5. The second-order valence-electron chi connectivity index (χ2n) is 8.79. The second kappa shape index (κ2) is 14.3. The molecule has 1 N–H and O–H groups in total. The van der Waals surface area contributed by atoms with Crippen LogP contribution in [0.2, 0.25) is 0 Å². The van der Waals surface area contributed by atoms with Gasteiger partial charge < -0.3 is 19.3 Å². The van der Waals surface area contributed by atoms with Crippen molar-refractivity contribution in [2.75, 3.05) is 13.2 Å². The summed E-state index contributed by atoms with van der Waals surface area (Å²) in [6.07, 6.45) is 3.59. The molecule has 0 aliphatic rings. The van der Waals surface area contributed by atoms with E-state index in [1.807, 2.05) is 19.1 Å². The molecule has 0 amide bonds. The van der Waals surface area contributed by atoms with Crippen molar-refractivity contribution in [3.8, 4) is 28.4 Å². The smallest absolute Gasteiger partial charge is 0.343 e. The summed E-state index contributed by atoms with van der Waals surface area (Å²) in [7, 11) is 0. The number of aliphatic carboxylic acids is 1. The van der Waals surface area contributed by atoms with E-state index < -0.39 is 16.9 Å². The van der Waals surface area contributed by atoms with E-state index in [1.54, 1.807) is 30.3 Å². The Kier molecular flexibility index (Phi) is 10.6. The van der Waals surface area contributed by atoms with Crippen LogP contribution < -0.4 is 14.2 Å². The number of carbonyl (C=O) groups excluding carboxylic acids is 1. The van der Waals surface area contributed by atoms with Crippen molar-refractivity contribution in [3.63, 3.8) is 0 Å². The first-order valence-electron chi connectivity index (χ1n) is 12.7. The molecule has 3 aromatic rings. The molecule has 204 valence electrons. The zero-order valence-electron chi connectivity index (χ0n) is 21.8. The number of carbonyl (C=O) groups is 2. The molecule has 0 spiro atoms. The molecule has 3 aromatic carbocycles. The SMILES string of the molecule is C=C(CCCCCOc1ccc(C(=O)Oc2ccc(-c3ccc(OCCC)cc3)cc2[N+](=O)[O-])cc1)C(=O)O. The highest BCUT2D eigenvalue weighted by Crippen LogP contribution is 2.33. The Morgan fingerprint density at radius 1 is 0.872 bits per heavy atom.